The third-order valence-corrected chi connectivity index (χ3v) is 4.84. The van der Waals surface area contributed by atoms with Crippen LogP contribution in [0.3, 0.4) is 0 Å². The Morgan fingerprint density at radius 3 is 3.15 bits per heavy atom. The minimum atomic E-state index is 0.542. The van der Waals surface area contributed by atoms with E-state index in [-0.39, 0.29) is 0 Å². The number of rotatable bonds is 5. The summed E-state index contributed by atoms with van der Waals surface area (Å²) in [6.07, 6.45) is 8.46. The van der Waals surface area contributed by atoms with Gasteiger partial charge in [0.1, 0.15) is 5.82 Å². The Labute approximate surface area is 123 Å². The van der Waals surface area contributed by atoms with E-state index in [9.17, 15) is 0 Å². The Bertz CT molecular complexity index is 559. The summed E-state index contributed by atoms with van der Waals surface area (Å²) in [5, 5.41) is 4.62. The van der Waals surface area contributed by atoms with Crippen molar-refractivity contribution in [3.8, 4) is 0 Å². The first-order chi connectivity index (χ1) is 9.74. The van der Waals surface area contributed by atoms with Gasteiger partial charge in [0, 0.05) is 63.1 Å². The third kappa shape index (κ3) is 2.86. The van der Waals surface area contributed by atoms with Crippen LogP contribution in [0, 0.1) is 0 Å². The topological polar surface area (TPSA) is 46.0 Å². The van der Waals surface area contributed by atoms with Crippen molar-refractivity contribution in [3.05, 3.63) is 29.3 Å². The van der Waals surface area contributed by atoms with Crippen molar-refractivity contribution >= 4 is 16.5 Å². The van der Waals surface area contributed by atoms with Crippen LogP contribution in [-0.4, -0.2) is 35.2 Å². The number of thiazole rings is 1. The van der Waals surface area contributed by atoms with Crippen molar-refractivity contribution in [2.24, 2.45) is 0 Å². The lowest BCUT2D eigenvalue weighted by Gasteiger charge is -2.23. The molecule has 2 aromatic rings. The van der Waals surface area contributed by atoms with E-state index < -0.39 is 0 Å². The van der Waals surface area contributed by atoms with E-state index in [0.29, 0.717) is 5.92 Å². The lowest BCUT2D eigenvalue weighted by atomic mass is 9.99. The van der Waals surface area contributed by atoms with E-state index in [1.54, 1.807) is 11.3 Å². The second kappa shape index (κ2) is 5.93. The lowest BCUT2D eigenvalue weighted by Crippen LogP contribution is -2.26. The monoisotopic (exact) mass is 291 g/mol. The van der Waals surface area contributed by atoms with Gasteiger partial charge in [-0.15, -0.1) is 11.3 Å². The number of hydrogen-bond acceptors (Lipinski definition) is 5. The van der Waals surface area contributed by atoms with Crippen LogP contribution in [0.1, 0.15) is 29.5 Å². The third-order valence-electron chi connectivity index (χ3n) is 3.68. The number of aromatic nitrogens is 3. The van der Waals surface area contributed by atoms with Crippen LogP contribution in [-0.2, 0) is 13.1 Å². The number of nitrogens with zero attached hydrogens (tertiary/aromatic N) is 4. The summed E-state index contributed by atoms with van der Waals surface area (Å²) in [5.74, 6) is 1.78. The Morgan fingerprint density at radius 2 is 2.35 bits per heavy atom. The van der Waals surface area contributed by atoms with Crippen LogP contribution in [0.2, 0.25) is 0 Å². The molecule has 0 amide bonds. The molecule has 0 aromatic carbocycles. The lowest BCUT2D eigenvalue weighted by molar-refractivity contribution is 0.423. The average Bonchev–Trinajstić information content (AvgIpc) is 3.07. The number of aryl methyl sites for hydroxylation is 1. The van der Waals surface area contributed by atoms with E-state index in [1.165, 1.54) is 23.5 Å². The molecule has 0 bridgehead atoms. The smallest absolute Gasteiger partial charge is 0.185 e. The molecule has 2 aromatic heterocycles. The molecule has 0 spiro atoms. The van der Waals surface area contributed by atoms with Gasteiger partial charge in [0.25, 0.3) is 0 Å². The molecule has 0 fully saturated rings. The van der Waals surface area contributed by atoms with Crippen molar-refractivity contribution in [2.75, 3.05) is 25.5 Å². The van der Waals surface area contributed by atoms with Crippen molar-refractivity contribution in [2.45, 2.75) is 31.8 Å². The standard InChI is InChI=1S/C14H21N5S/c1-18(2)14-17-10-12(20-14)9-15-8-11-4-3-6-19-7-5-16-13(11)19/h5,7,10-11,15H,3-4,6,8-9H2,1-2H3/t11-/m0/s1. The molecule has 0 aliphatic carbocycles. The summed E-state index contributed by atoms with van der Waals surface area (Å²) in [6.45, 7) is 3.00. The van der Waals surface area contributed by atoms with Crippen LogP contribution < -0.4 is 10.2 Å². The van der Waals surface area contributed by atoms with E-state index in [0.717, 1.165) is 24.8 Å². The highest BCUT2D eigenvalue weighted by molar-refractivity contribution is 7.15. The largest absolute Gasteiger partial charge is 0.354 e. The first-order valence-corrected chi connectivity index (χ1v) is 7.89. The van der Waals surface area contributed by atoms with Gasteiger partial charge in [0.2, 0.25) is 0 Å². The van der Waals surface area contributed by atoms with Crippen LogP contribution in [0.25, 0.3) is 0 Å². The maximum atomic E-state index is 4.50. The first-order valence-electron chi connectivity index (χ1n) is 7.08. The van der Waals surface area contributed by atoms with Gasteiger partial charge in [0.15, 0.2) is 5.13 Å². The van der Waals surface area contributed by atoms with Gasteiger partial charge in [-0.3, -0.25) is 0 Å². The van der Waals surface area contributed by atoms with Crippen molar-refractivity contribution in [1.82, 2.24) is 19.9 Å². The Hall–Kier alpha value is -1.40. The van der Waals surface area contributed by atoms with Gasteiger partial charge in [0.05, 0.1) is 0 Å². The van der Waals surface area contributed by atoms with Gasteiger partial charge in [-0.05, 0) is 12.8 Å². The van der Waals surface area contributed by atoms with Crippen LogP contribution in [0.4, 0.5) is 5.13 Å². The number of anilines is 1. The maximum absolute atomic E-state index is 4.50. The second-order valence-corrected chi connectivity index (χ2v) is 6.55. The predicted molar refractivity (Wildman–Crippen MR) is 82.3 cm³/mol. The van der Waals surface area contributed by atoms with Gasteiger partial charge in [-0.25, -0.2) is 9.97 Å². The van der Waals surface area contributed by atoms with Crippen LogP contribution in [0.5, 0.6) is 0 Å². The van der Waals surface area contributed by atoms with Gasteiger partial charge in [-0.2, -0.15) is 0 Å². The van der Waals surface area contributed by atoms with Crippen LogP contribution >= 0.6 is 11.3 Å². The summed E-state index contributed by atoms with van der Waals surface area (Å²) in [5.41, 5.74) is 0. The highest BCUT2D eigenvalue weighted by atomic mass is 32.1. The Morgan fingerprint density at radius 1 is 1.45 bits per heavy atom. The number of imidazole rings is 1. The minimum absolute atomic E-state index is 0.542. The molecular weight excluding hydrogens is 270 g/mol. The fourth-order valence-corrected chi connectivity index (χ4v) is 3.46. The number of nitrogens with one attached hydrogen (secondary N) is 1. The van der Waals surface area contributed by atoms with E-state index in [1.807, 2.05) is 31.4 Å². The Kier molecular flexibility index (Phi) is 4.03. The zero-order valence-corrected chi connectivity index (χ0v) is 12.9. The van der Waals surface area contributed by atoms with Gasteiger partial charge < -0.3 is 14.8 Å². The van der Waals surface area contributed by atoms with E-state index in [4.69, 9.17) is 0 Å². The molecule has 20 heavy (non-hydrogen) atoms. The molecule has 0 saturated heterocycles. The van der Waals surface area contributed by atoms with Crippen molar-refractivity contribution in [1.29, 1.82) is 0 Å². The molecule has 1 N–H and O–H groups in total. The molecule has 0 saturated carbocycles. The summed E-state index contributed by atoms with van der Waals surface area (Å²) in [7, 11) is 4.05. The minimum Gasteiger partial charge on any atom is -0.354 e. The fourth-order valence-electron chi connectivity index (χ4n) is 2.66. The molecule has 1 aliphatic rings. The molecule has 5 nitrogen and oxygen atoms in total. The van der Waals surface area contributed by atoms with Crippen molar-refractivity contribution < 1.29 is 0 Å². The molecule has 1 atom stereocenters. The summed E-state index contributed by atoms with van der Waals surface area (Å²) in [4.78, 5) is 12.2. The molecule has 1 aliphatic heterocycles. The molecular formula is C14H21N5S. The first kappa shape index (κ1) is 13.6. The quantitative estimate of drug-likeness (QED) is 0.916. The summed E-state index contributed by atoms with van der Waals surface area (Å²) >= 11 is 1.75. The van der Waals surface area contributed by atoms with E-state index in [2.05, 4.69) is 26.0 Å². The SMILES string of the molecule is CN(C)c1ncc(CNC[C@@H]2CCCn3ccnc32)s1. The molecule has 6 heteroatoms. The van der Waals surface area contributed by atoms with E-state index >= 15 is 0 Å². The van der Waals surface area contributed by atoms with Crippen molar-refractivity contribution in [3.63, 3.8) is 0 Å². The maximum Gasteiger partial charge on any atom is 0.185 e. The number of fused-ring (bicyclic) bond motifs is 1. The molecule has 3 rings (SSSR count). The summed E-state index contributed by atoms with van der Waals surface area (Å²) in [6, 6.07) is 0. The molecule has 0 unspecified atom stereocenters. The second-order valence-electron chi connectivity index (χ2n) is 5.45. The molecule has 0 radical (unpaired) electrons. The number of hydrogen-bond donors (Lipinski definition) is 1. The molecule has 108 valence electrons. The highest BCUT2D eigenvalue weighted by Gasteiger charge is 2.20. The Balaban J connectivity index is 1.53. The average molecular weight is 291 g/mol. The highest BCUT2D eigenvalue weighted by Crippen LogP contribution is 2.25. The molecule has 3 heterocycles. The van der Waals surface area contributed by atoms with Gasteiger partial charge in [-0.1, -0.05) is 0 Å². The fraction of sp³-hybridized carbons (Fsp3) is 0.571. The van der Waals surface area contributed by atoms with Crippen LogP contribution in [0.15, 0.2) is 18.6 Å². The predicted octanol–water partition coefficient (Wildman–Crippen LogP) is 2.07. The van der Waals surface area contributed by atoms with Gasteiger partial charge >= 0.3 is 0 Å². The zero-order valence-electron chi connectivity index (χ0n) is 12.0. The summed E-state index contributed by atoms with van der Waals surface area (Å²) < 4.78 is 2.28. The normalized spacial score (nSPS) is 18.0. The zero-order chi connectivity index (χ0) is 13.9.